The molecule has 0 bridgehead atoms. The molecule has 3 aromatic rings. The summed E-state index contributed by atoms with van der Waals surface area (Å²) in [6.07, 6.45) is 2.76. The molecule has 0 N–H and O–H groups in total. The van der Waals surface area contributed by atoms with Crippen LogP contribution in [0.15, 0.2) is 22.6 Å². The Labute approximate surface area is 131 Å². The third kappa shape index (κ3) is 2.09. The van der Waals surface area contributed by atoms with Crippen molar-refractivity contribution in [2.24, 2.45) is 0 Å². The van der Waals surface area contributed by atoms with Gasteiger partial charge in [-0.1, -0.05) is 0 Å². The molecule has 0 spiro atoms. The minimum absolute atomic E-state index is 0.0898. The van der Waals surface area contributed by atoms with Gasteiger partial charge in [0.2, 0.25) is 5.78 Å². The first-order chi connectivity index (χ1) is 10.6. The van der Waals surface area contributed by atoms with Gasteiger partial charge in [0.05, 0.1) is 17.7 Å². The summed E-state index contributed by atoms with van der Waals surface area (Å²) in [5.41, 5.74) is 4.68. The smallest absolute Gasteiger partial charge is 0.259 e. The number of hydrogen-bond donors (Lipinski definition) is 0. The molecule has 112 valence electrons. The first-order valence-electron chi connectivity index (χ1n) is 7.15. The van der Waals surface area contributed by atoms with E-state index < -0.39 is 0 Å². The Kier molecular flexibility index (Phi) is 2.97. The third-order valence-corrected chi connectivity index (χ3v) is 4.78. The number of thiazole rings is 1. The zero-order chi connectivity index (χ0) is 15.3. The fourth-order valence-electron chi connectivity index (χ4n) is 2.85. The van der Waals surface area contributed by atoms with Crippen LogP contribution in [0, 0.1) is 13.8 Å². The van der Waals surface area contributed by atoms with Crippen LogP contribution in [-0.4, -0.2) is 25.9 Å². The molecule has 0 fully saturated rings. The van der Waals surface area contributed by atoms with E-state index in [9.17, 15) is 4.79 Å². The van der Waals surface area contributed by atoms with E-state index in [0.717, 1.165) is 30.9 Å². The lowest BCUT2D eigenvalue weighted by molar-refractivity contribution is 0.713. The summed E-state index contributed by atoms with van der Waals surface area (Å²) >= 11 is 1.69. The molecule has 4 heterocycles. The van der Waals surface area contributed by atoms with Crippen LogP contribution < -0.4 is 10.5 Å². The van der Waals surface area contributed by atoms with Crippen molar-refractivity contribution in [3.8, 4) is 0 Å². The Morgan fingerprint density at radius 2 is 2.14 bits per heavy atom. The molecule has 1 aliphatic heterocycles. The van der Waals surface area contributed by atoms with Crippen molar-refractivity contribution in [2.45, 2.75) is 26.8 Å². The zero-order valence-electron chi connectivity index (χ0n) is 12.4. The maximum atomic E-state index is 12.0. The highest BCUT2D eigenvalue weighted by molar-refractivity contribution is 7.09. The quantitative estimate of drug-likeness (QED) is 0.684. The van der Waals surface area contributed by atoms with Crippen molar-refractivity contribution in [3.05, 3.63) is 50.0 Å². The summed E-state index contributed by atoms with van der Waals surface area (Å²) in [6, 6.07) is 1.53. The highest BCUT2D eigenvalue weighted by Crippen LogP contribution is 2.27. The van der Waals surface area contributed by atoms with Gasteiger partial charge < -0.3 is 4.90 Å². The summed E-state index contributed by atoms with van der Waals surface area (Å²) in [4.78, 5) is 29.0. The monoisotopic (exact) mass is 313 g/mol. The van der Waals surface area contributed by atoms with Gasteiger partial charge in [-0.15, -0.1) is 11.3 Å². The molecular weight excluding hydrogens is 298 g/mol. The molecule has 1 aliphatic rings. The number of rotatable bonds is 1. The van der Waals surface area contributed by atoms with E-state index in [-0.39, 0.29) is 5.56 Å². The van der Waals surface area contributed by atoms with Gasteiger partial charge in [-0.25, -0.2) is 9.97 Å². The van der Waals surface area contributed by atoms with E-state index in [0.29, 0.717) is 11.5 Å². The fourth-order valence-corrected chi connectivity index (χ4v) is 3.67. The standard InChI is InChI=1S/C15H15N5OS/c1-9-6-20-13(21)5-10(2)17-15(20)18-14(9)19-4-3-11-12(7-19)22-8-16-11/h5-6,8H,3-4,7H2,1-2H3. The first-order valence-corrected chi connectivity index (χ1v) is 8.03. The molecule has 0 radical (unpaired) electrons. The highest BCUT2D eigenvalue weighted by atomic mass is 32.1. The molecule has 3 aromatic heterocycles. The van der Waals surface area contributed by atoms with Gasteiger partial charge in [-0.05, 0) is 13.8 Å². The van der Waals surface area contributed by atoms with Crippen LogP contribution in [0.3, 0.4) is 0 Å². The van der Waals surface area contributed by atoms with Crippen LogP contribution in [-0.2, 0) is 13.0 Å². The summed E-state index contributed by atoms with van der Waals surface area (Å²) in [5, 5.41) is 0. The highest BCUT2D eigenvalue weighted by Gasteiger charge is 2.21. The average Bonchev–Trinajstić information content (AvgIpc) is 2.95. The lowest BCUT2D eigenvalue weighted by atomic mass is 10.1. The zero-order valence-corrected chi connectivity index (χ0v) is 13.2. The molecule has 0 unspecified atom stereocenters. The van der Waals surface area contributed by atoms with Gasteiger partial charge in [0.15, 0.2) is 0 Å². The Balaban J connectivity index is 1.82. The molecule has 0 saturated carbocycles. The molecule has 0 amide bonds. The van der Waals surface area contributed by atoms with Crippen molar-refractivity contribution >= 4 is 22.9 Å². The summed E-state index contributed by atoms with van der Waals surface area (Å²) in [7, 11) is 0. The number of hydrogen-bond acceptors (Lipinski definition) is 6. The van der Waals surface area contributed by atoms with E-state index in [2.05, 4.69) is 19.9 Å². The second kappa shape index (κ2) is 4.88. The maximum absolute atomic E-state index is 12.0. The molecule has 0 saturated heterocycles. The number of nitrogens with zero attached hydrogens (tertiary/aromatic N) is 5. The van der Waals surface area contributed by atoms with E-state index >= 15 is 0 Å². The Bertz CT molecular complexity index is 929. The number of anilines is 1. The molecule has 6 nitrogen and oxygen atoms in total. The number of aromatic nitrogens is 4. The number of fused-ring (bicyclic) bond motifs is 2. The minimum Gasteiger partial charge on any atom is -0.351 e. The largest absolute Gasteiger partial charge is 0.351 e. The van der Waals surface area contributed by atoms with Gasteiger partial charge in [0, 0.05) is 41.4 Å². The second-order valence-corrected chi connectivity index (χ2v) is 6.49. The van der Waals surface area contributed by atoms with Crippen molar-refractivity contribution in [1.29, 1.82) is 0 Å². The van der Waals surface area contributed by atoms with E-state index in [4.69, 9.17) is 0 Å². The summed E-state index contributed by atoms with van der Waals surface area (Å²) < 4.78 is 1.51. The molecule has 7 heteroatoms. The topological polar surface area (TPSA) is 63.4 Å². The molecule has 4 rings (SSSR count). The van der Waals surface area contributed by atoms with Gasteiger partial charge in [0.25, 0.3) is 5.56 Å². The lowest BCUT2D eigenvalue weighted by Gasteiger charge is -2.28. The van der Waals surface area contributed by atoms with Crippen LogP contribution >= 0.6 is 11.3 Å². The van der Waals surface area contributed by atoms with Crippen molar-refractivity contribution in [2.75, 3.05) is 11.4 Å². The third-order valence-electron chi connectivity index (χ3n) is 3.92. The van der Waals surface area contributed by atoms with Crippen LogP contribution in [0.4, 0.5) is 5.82 Å². The van der Waals surface area contributed by atoms with Crippen LogP contribution in [0.2, 0.25) is 0 Å². The normalized spacial score (nSPS) is 14.4. The Morgan fingerprint density at radius 1 is 1.27 bits per heavy atom. The SMILES string of the molecule is Cc1cc(=O)n2cc(C)c(N3CCc4ncsc4C3)nc2n1. The number of aryl methyl sites for hydroxylation is 2. The lowest BCUT2D eigenvalue weighted by Crippen LogP contribution is -2.31. The van der Waals surface area contributed by atoms with Crippen LogP contribution in [0.5, 0.6) is 0 Å². The van der Waals surface area contributed by atoms with E-state index in [1.807, 2.05) is 25.6 Å². The Morgan fingerprint density at radius 3 is 3.00 bits per heavy atom. The van der Waals surface area contributed by atoms with Crippen molar-refractivity contribution < 1.29 is 0 Å². The van der Waals surface area contributed by atoms with E-state index in [1.165, 1.54) is 21.0 Å². The molecular formula is C15H15N5OS. The van der Waals surface area contributed by atoms with Gasteiger partial charge in [0.1, 0.15) is 5.82 Å². The van der Waals surface area contributed by atoms with Crippen molar-refractivity contribution in [1.82, 2.24) is 19.4 Å². The fraction of sp³-hybridized carbons (Fsp3) is 0.333. The second-order valence-electron chi connectivity index (χ2n) is 5.55. The average molecular weight is 313 g/mol. The molecule has 0 aromatic carbocycles. The Hall–Kier alpha value is -2.28. The first kappa shape index (κ1) is 13.4. The van der Waals surface area contributed by atoms with Crippen molar-refractivity contribution in [3.63, 3.8) is 0 Å². The van der Waals surface area contributed by atoms with Gasteiger partial charge in [-0.2, -0.15) is 4.98 Å². The molecule has 22 heavy (non-hydrogen) atoms. The maximum Gasteiger partial charge on any atom is 0.259 e. The predicted molar refractivity (Wildman–Crippen MR) is 85.6 cm³/mol. The predicted octanol–water partition coefficient (Wildman–Crippen LogP) is 1.73. The summed E-state index contributed by atoms with van der Waals surface area (Å²) in [5.74, 6) is 1.36. The van der Waals surface area contributed by atoms with E-state index in [1.54, 1.807) is 11.3 Å². The van der Waals surface area contributed by atoms with Gasteiger partial charge >= 0.3 is 0 Å². The van der Waals surface area contributed by atoms with Gasteiger partial charge in [-0.3, -0.25) is 9.20 Å². The molecule has 0 atom stereocenters. The van der Waals surface area contributed by atoms with Crippen LogP contribution in [0.25, 0.3) is 5.78 Å². The summed E-state index contributed by atoms with van der Waals surface area (Å²) in [6.45, 7) is 5.50. The minimum atomic E-state index is -0.0898. The molecule has 0 aliphatic carbocycles. The van der Waals surface area contributed by atoms with Crippen LogP contribution in [0.1, 0.15) is 21.8 Å².